The summed E-state index contributed by atoms with van der Waals surface area (Å²) in [7, 11) is 0. The lowest BCUT2D eigenvalue weighted by Gasteiger charge is -2.33. The third-order valence-electron chi connectivity index (χ3n) is 7.95. The number of aryl methyl sites for hydroxylation is 1. The zero-order valence-electron chi connectivity index (χ0n) is 23.8. The van der Waals surface area contributed by atoms with Crippen LogP contribution in [0.2, 0.25) is 0 Å². The minimum Gasteiger partial charge on any atom is -0.379 e. The number of rotatable bonds is 12. The van der Waals surface area contributed by atoms with Gasteiger partial charge < -0.3 is 20.3 Å². The molecular weight excluding hydrogens is 488 g/mol. The Morgan fingerprint density at radius 2 is 1.67 bits per heavy atom. The molecule has 2 fully saturated rings. The fourth-order valence-electron chi connectivity index (χ4n) is 5.35. The van der Waals surface area contributed by atoms with E-state index in [1.807, 2.05) is 42.5 Å². The number of nitrogens with one attached hydrogen (secondary N) is 2. The molecule has 39 heavy (non-hydrogen) atoms. The molecule has 0 atom stereocenters. The van der Waals surface area contributed by atoms with Crippen LogP contribution >= 0.6 is 0 Å². The van der Waals surface area contributed by atoms with Crippen molar-refractivity contribution < 1.29 is 14.3 Å². The number of unbranched alkanes of at least 4 members (excludes halogenated alkanes) is 2. The summed E-state index contributed by atoms with van der Waals surface area (Å²) in [4.78, 5) is 31.1. The van der Waals surface area contributed by atoms with Crippen molar-refractivity contribution >= 4 is 23.2 Å². The molecule has 7 heteroatoms. The van der Waals surface area contributed by atoms with Crippen LogP contribution in [0.3, 0.4) is 0 Å². The second kappa shape index (κ2) is 15.0. The van der Waals surface area contributed by atoms with Crippen molar-refractivity contribution in [1.29, 1.82) is 0 Å². The number of morpholine rings is 1. The Kier molecular flexibility index (Phi) is 11.2. The number of amides is 2. The van der Waals surface area contributed by atoms with Gasteiger partial charge in [0.2, 0.25) is 0 Å². The Bertz CT molecular complexity index is 1060. The number of hydrogen-bond acceptors (Lipinski definition) is 5. The molecule has 0 aromatic heterocycles. The Hall–Kier alpha value is -2.90. The van der Waals surface area contributed by atoms with Crippen LogP contribution in [0.15, 0.2) is 42.5 Å². The van der Waals surface area contributed by atoms with Gasteiger partial charge in [0.25, 0.3) is 11.8 Å². The molecule has 4 rings (SSSR count). The number of piperidine rings is 1. The maximum atomic E-state index is 13.4. The first kappa shape index (κ1) is 29.1. The molecule has 7 nitrogen and oxygen atoms in total. The molecule has 0 radical (unpaired) electrons. The second-order valence-corrected chi connectivity index (χ2v) is 11.1. The van der Waals surface area contributed by atoms with E-state index in [0.717, 1.165) is 77.3 Å². The molecule has 2 aromatic carbocycles. The Balaban J connectivity index is 1.41. The molecule has 2 heterocycles. The minimum atomic E-state index is -0.161. The summed E-state index contributed by atoms with van der Waals surface area (Å²) in [6.07, 6.45) is 7.76. The van der Waals surface area contributed by atoms with Crippen LogP contribution in [-0.2, 0) is 11.2 Å². The average Bonchev–Trinajstić information content (AvgIpc) is 2.97. The van der Waals surface area contributed by atoms with Gasteiger partial charge >= 0.3 is 0 Å². The van der Waals surface area contributed by atoms with Crippen LogP contribution in [0, 0.1) is 5.92 Å². The molecule has 2 aliphatic rings. The van der Waals surface area contributed by atoms with Crippen molar-refractivity contribution in [3.63, 3.8) is 0 Å². The van der Waals surface area contributed by atoms with E-state index in [0.29, 0.717) is 29.3 Å². The van der Waals surface area contributed by atoms with E-state index in [1.54, 1.807) is 0 Å². The number of benzene rings is 2. The van der Waals surface area contributed by atoms with Gasteiger partial charge in [-0.25, -0.2) is 0 Å². The van der Waals surface area contributed by atoms with Crippen LogP contribution in [0.4, 0.5) is 11.4 Å². The van der Waals surface area contributed by atoms with Gasteiger partial charge in [0.15, 0.2) is 0 Å². The average molecular weight is 535 g/mol. The monoisotopic (exact) mass is 534 g/mol. The van der Waals surface area contributed by atoms with Crippen molar-refractivity contribution in [3.05, 3.63) is 59.2 Å². The van der Waals surface area contributed by atoms with Crippen molar-refractivity contribution in [2.75, 3.05) is 62.7 Å². The van der Waals surface area contributed by atoms with Gasteiger partial charge in [0.1, 0.15) is 0 Å². The number of ether oxygens (including phenoxy) is 1. The van der Waals surface area contributed by atoms with E-state index in [9.17, 15) is 9.59 Å². The van der Waals surface area contributed by atoms with Crippen molar-refractivity contribution in [2.24, 2.45) is 5.92 Å². The summed E-state index contributed by atoms with van der Waals surface area (Å²) < 4.78 is 5.42. The molecule has 2 N–H and O–H groups in total. The van der Waals surface area contributed by atoms with Gasteiger partial charge in [0, 0.05) is 49.7 Å². The molecule has 0 spiro atoms. The molecule has 2 amide bonds. The lowest BCUT2D eigenvalue weighted by atomic mass is 9.97. The highest BCUT2D eigenvalue weighted by molar-refractivity contribution is 6.06. The summed E-state index contributed by atoms with van der Waals surface area (Å²) in [5.74, 6) is 0.458. The van der Waals surface area contributed by atoms with Crippen molar-refractivity contribution in [3.8, 4) is 0 Å². The zero-order chi connectivity index (χ0) is 27.5. The zero-order valence-corrected chi connectivity index (χ0v) is 23.8. The minimum absolute atomic E-state index is 0.0851. The largest absolute Gasteiger partial charge is 0.379 e. The molecule has 2 aliphatic heterocycles. The van der Waals surface area contributed by atoms with Gasteiger partial charge in [-0.1, -0.05) is 38.8 Å². The quantitative estimate of drug-likeness (QED) is 0.359. The summed E-state index contributed by atoms with van der Waals surface area (Å²) >= 11 is 0. The maximum absolute atomic E-state index is 13.4. The van der Waals surface area contributed by atoms with Crippen LogP contribution in [0.1, 0.15) is 78.7 Å². The van der Waals surface area contributed by atoms with Gasteiger partial charge in [-0.2, -0.15) is 0 Å². The number of carbonyl (C=O) groups is 2. The third-order valence-corrected chi connectivity index (χ3v) is 7.95. The first-order valence-electron chi connectivity index (χ1n) is 14.9. The molecule has 0 unspecified atom stereocenters. The standard InChI is InChI=1S/C32H46N4O3/c1-3-4-5-7-26-8-10-27(11-9-26)31(37)34-28-12-13-30(36-18-14-25(2)15-19-36)29(24-28)32(38)33-16-6-17-35-20-22-39-23-21-35/h8-13,24-25H,3-7,14-23H2,1-2H3,(H,33,38)(H,34,37). The second-order valence-electron chi connectivity index (χ2n) is 11.1. The molecular formula is C32H46N4O3. The number of anilines is 2. The highest BCUT2D eigenvalue weighted by Crippen LogP contribution is 2.29. The smallest absolute Gasteiger partial charge is 0.255 e. The number of carbonyl (C=O) groups excluding carboxylic acids is 2. The Morgan fingerprint density at radius 3 is 2.38 bits per heavy atom. The summed E-state index contributed by atoms with van der Waals surface area (Å²) in [6.45, 7) is 11.4. The Labute approximate surface area is 234 Å². The first-order chi connectivity index (χ1) is 19.0. The maximum Gasteiger partial charge on any atom is 0.255 e. The van der Waals surface area contributed by atoms with E-state index in [2.05, 4.69) is 34.3 Å². The summed E-state index contributed by atoms with van der Waals surface area (Å²) in [6, 6.07) is 13.6. The van der Waals surface area contributed by atoms with Crippen LogP contribution in [-0.4, -0.2) is 69.2 Å². The van der Waals surface area contributed by atoms with Crippen molar-refractivity contribution in [1.82, 2.24) is 10.2 Å². The predicted molar refractivity (Wildman–Crippen MR) is 159 cm³/mol. The third kappa shape index (κ3) is 8.80. The molecule has 212 valence electrons. The van der Waals surface area contributed by atoms with Crippen LogP contribution in [0.25, 0.3) is 0 Å². The lowest BCUT2D eigenvalue weighted by Crippen LogP contribution is -2.38. The van der Waals surface area contributed by atoms with E-state index in [1.165, 1.54) is 24.8 Å². The lowest BCUT2D eigenvalue weighted by molar-refractivity contribution is 0.0374. The number of hydrogen-bond donors (Lipinski definition) is 2. The fraction of sp³-hybridized carbons (Fsp3) is 0.562. The normalized spacial score (nSPS) is 16.7. The SMILES string of the molecule is CCCCCc1ccc(C(=O)Nc2ccc(N3CCC(C)CC3)c(C(=O)NCCCN3CCOCC3)c2)cc1. The van der Waals surface area contributed by atoms with E-state index < -0.39 is 0 Å². The van der Waals surface area contributed by atoms with Gasteiger partial charge in [-0.05, 0) is 80.5 Å². The van der Waals surface area contributed by atoms with Gasteiger partial charge in [-0.3, -0.25) is 14.5 Å². The molecule has 2 aromatic rings. The molecule has 2 saturated heterocycles. The summed E-state index contributed by atoms with van der Waals surface area (Å²) in [5, 5.41) is 6.15. The molecule has 0 saturated carbocycles. The van der Waals surface area contributed by atoms with E-state index in [-0.39, 0.29) is 11.8 Å². The van der Waals surface area contributed by atoms with E-state index in [4.69, 9.17) is 4.74 Å². The summed E-state index contributed by atoms with van der Waals surface area (Å²) in [5.41, 5.74) is 4.09. The Morgan fingerprint density at radius 1 is 0.923 bits per heavy atom. The van der Waals surface area contributed by atoms with Gasteiger partial charge in [0.05, 0.1) is 18.8 Å². The number of nitrogens with zero attached hydrogens (tertiary/aromatic N) is 2. The topological polar surface area (TPSA) is 73.9 Å². The van der Waals surface area contributed by atoms with Gasteiger partial charge in [-0.15, -0.1) is 0 Å². The highest BCUT2D eigenvalue weighted by atomic mass is 16.5. The first-order valence-corrected chi connectivity index (χ1v) is 14.9. The van der Waals surface area contributed by atoms with E-state index >= 15 is 0 Å². The highest BCUT2D eigenvalue weighted by Gasteiger charge is 2.22. The van der Waals surface area contributed by atoms with Crippen LogP contribution in [0.5, 0.6) is 0 Å². The molecule has 0 aliphatic carbocycles. The predicted octanol–water partition coefficient (Wildman–Crippen LogP) is 5.36. The van der Waals surface area contributed by atoms with Crippen LogP contribution < -0.4 is 15.5 Å². The van der Waals surface area contributed by atoms with Crippen molar-refractivity contribution in [2.45, 2.75) is 58.8 Å². The molecule has 0 bridgehead atoms. The fourth-order valence-corrected chi connectivity index (χ4v) is 5.35.